The molecule has 25 heavy (non-hydrogen) atoms. The maximum atomic E-state index is 2.75. The van der Waals surface area contributed by atoms with Crippen molar-refractivity contribution in [1.82, 2.24) is 10.6 Å². The van der Waals surface area contributed by atoms with Crippen molar-refractivity contribution < 1.29 is 17.4 Å². The van der Waals surface area contributed by atoms with Gasteiger partial charge in [-0.05, 0) is 28.2 Å². The second kappa shape index (κ2) is 15.7. The number of nitrogens with one attached hydrogen (secondary N) is 2. The zero-order valence-corrected chi connectivity index (χ0v) is 19.2. The Morgan fingerprint density at radius 2 is 1.72 bits per heavy atom. The summed E-state index contributed by atoms with van der Waals surface area (Å²) < 4.78 is 5.98. The minimum absolute atomic E-state index is 1.16. The monoisotopic (exact) mass is 380 g/mol. The van der Waals surface area contributed by atoms with E-state index in [2.05, 4.69) is 60.0 Å². The third kappa shape index (κ3) is 10.3. The molecule has 3 heteroatoms. The Kier molecular flexibility index (Phi) is 15.4. The Morgan fingerprint density at radius 1 is 1.08 bits per heavy atom. The van der Waals surface area contributed by atoms with Gasteiger partial charge in [0.15, 0.2) is 0 Å². The fourth-order valence-electron chi connectivity index (χ4n) is 2.99. The van der Waals surface area contributed by atoms with Crippen LogP contribution in [0.2, 0.25) is 4.73 Å². The number of hydrogen-bond acceptors (Lipinski definition) is 2. The van der Waals surface area contributed by atoms with Crippen LogP contribution in [0.15, 0.2) is 44.9 Å². The van der Waals surface area contributed by atoms with Crippen LogP contribution in [-0.4, -0.2) is 32.5 Å². The quantitative estimate of drug-likeness (QED) is 0.619. The summed E-state index contributed by atoms with van der Waals surface area (Å²) >= 11 is -1.16. The number of rotatable bonds is 6. The van der Waals surface area contributed by atoms with Gasteiger partial charge in [0.05, 0.1) is 0 Å². The van der Waals surface area contributed by atoms with E-state index in [1.807, 2.05) is 28.2 Å². The standard InChI is InChI=1S/2C7H9.C4H8.2C2H7N.Ti/c1-6-3-4-7(2)5-6;1-2-7-5-3-4-6-7;1-3-4-2;2*1-3-2;/h3H,4H2,1-2H3;3-5H,1-2,6H2;1H,3-4H2,2H3;2*3H,1-2H3;. The molecule has 0 radical (unpaired) electrons. The summed E-state index contributed by atoms with van der Waals surface area (Å²) in [6, 6.07) is 0. The summed E-state index contributed by atoms with van der Waals surface area (Å²) in [5.74, 6) is 0. The van der Waals surface area contributed by atoms with Crippen LogP contribution < -0.4 is 10.6 Å². The predicted octanol–water partition coefficient (Wildman–Crippen LogP) is 5.20. The van der Waals surface area contributed by atoms with Crippen molar-refractivity contribution in [3.8, 4) is 0 Å². The van der Waals surface area contributed by atoms with Crippen LogP contribution in [0.4, 0.5) is 0 Å². The molecule has 0 aromatic heterocycles. The maximum Gasteiger partial charge on any atom is -0.0167 e. The summed E-state index contributed by atoms with van der Waals surface area (Å²) in [5.41, 5.74) is 4.91. The zero-order valence-electron chi connectivity index (χ0n) is 17.6. The molecule has 0 aromatic rings. The first kappa shape index (κ1) is 24.5. The van der Waals surface area contributed by atoms with Gasteiger partial charge in [-0.1, -0.05) is 0 Å². The molecule has 2 aliphatic carbocycles. The fourth-order valence-corrected chi connectivity index (χ4v) is 7.90. The molecule has 0 spiro atoms. The van der Waals surface area contributed by atoms with Crippen molar-refractivity contribution in [3.05, 3.63) is 44.9 Å². The van der Waals surface area contributed by atoms with E-state index < -0.39 is 17.4 Å². The van der Waals surface area contributed by atoms with Crippen LogP contribution in [0.5, 0.6) is 0 Å². The first-order valence-corrected chi connectivity index (χ1v) is 12.4. The number of unbranched alkanes of at least 4 members (excludes halogenated alkanes) is 1. The summed E-state index contributed by atoms with van der Waals surface area (Å²) in [4.78, 5) is 0. The van der Waals surface area contributed by atoms with Gasteiger partial charge in [-0.2, -0.15) is 0 Å². The van der Waals surface area contributed by atoms with Crippen molar-refractivity contribution in [2.75, 3.05) is 28.2 Å². The van der Waals surface area contributed by atoms with Gasteiger partial charge < -0.3 is 10.6 Å². The van der Waals surface area contributed by atoms with E-state index >= 15 is 0 Å². The maximum absolute atomic E-state index is 2.75. The Bertz CT molecular complexity index is 520. The molecule has 0 amide bonds. The van der Waals surface area contributed by atoms with Gasteiger partial charge in [0.1, 0.15) is 0 Å². The molecule has 0 saturated carbocycles. The second-order valence-corrected chi connectivity index (χ2v) is 10.6. The predicted molar refractivity (Wildman–Crippen MR) is 113 cm³/mol. The molecule has 0 heterocycles. The van der Waals surface area contributed by atoms with E-state index in [-0.39, 0.29) is 0 Å². The molecule has 0 unspecified atom stereocenters. The van der Waals surface area contributed by atoms with Gasteiger partial charge in [0.25, 0.3) is 0 Å². The van der Waals surface area contributed by atoms with Crippen LogP contribution in [0.25, 0.3) is 0 Å². The van der Waals surface area contributed by atoms with Crippen molar-refractivity contribution >= 4 is 4.31 Å². The van der Waals surface area contributed by atoms with E-state index in [1.54, 1.807) is 20.6 Å². The van der Waals surface area contributed by atoms with E-state index in [0.29, 0.717) is 0 Å². The molecule has 0 aromatic carbocycles. The molecule has 0 fully saturated rings. The number of hydrogen-bond donors (Lipinski definition) is 2. The van der Waals surface area contributed by atoms with Crippen LogP contribution in [0.1, 0.15) is 52.9 Å². The van der Waals surface area contributed by atoms with Crippen molar-refractivity contribution in [1.29, 1.82) is 0 Å². The van der Waals surface area contributed by atoms with Crippen LogP contribution in [0.3, 0.4) is 0 Å². The largest absolute Gasteiger partial charge is 0.323 e. The molecule has 2 rings (SSSR count). The van der Waals surface area contributed by atoms with Crippen molar-refractivity contribution in [3.63, 3.8) is 0 Å². The topological polar surface area (TPSA) is 24.1 Å². The van der Waals surface area contributed by atoms with Crippen LogP contribution in [0, 0.1) is 0 Å². The van der Waals surface area contributed by atoms with Crippen LogP contribution in [-0.2, 0) is 17.4 Å². The van der Waals surface area contributed by atoms with Gasteiger partial charge in [-0.25, -0.2) is 0 Å². The van der Waals surface area contributed by atoms with E-state index in [4.69, 9.17) is 0 Å². The van der Waals surface area contributed by atoms with Crippen LogP contribution >= 0.6 is 0 Å². The van der Waals surface area contributed by atoms with E-state index in [1.165, 1.54) is 36.8 Å². The molecule has 0 bridgehead atoms. The smallest absolute Gasteiger partial charge is 0.0167 e. The SMILES string of the molecule is CCC[CH]=[Ti]([CH2]CC1=CC=CC1)[C]1=C(C)CC=C1C.CNC.CNC. The molecule has 0 saturated heterocycles. The molecular weight excluding hydrogens is 340 g/mol. The first-order chi connectivity index (χ1) is 12.0. The third-order valence-electron chi connectivity index (χ3n) is 4.10. The molecule has 0 atom stereocenters. The fraction of sp³-hybridized carbons (Fsp3) is 0.591. The summed E-state index contributed by atoms with van der Waals surface area (Å²) in [6.45, 7) is 6.98. The molecular formula is C22H40N2Ti. The molecule has 2 N–H and O–H groups in total. The minimum Gasteiger partial charge on any atom is -0.323 e. The number of allylic oxidation sites excluding steroid dienone is 8. The third-order valence-corrected chi connectivity index (χ3v) is 8.84. The summed E-state index contributed by atoms with van der Waals surface area (Å²) in [5, 5.41) is 5.50. The van der Waals surface area contributed by atoms with Gasteiger partial charge in [-0.15, -0.1) is 0 Å². The average molecular weight is 380 g/mol. The molecule has 2 nitrogen and oxygen atoms in total. The van der Waals surface area contributed by atoms with Gasteiger partial charge >= 0.3 is 124 Å². The Labute approximate surface area is 162 Å². The van der Waals surface area contributed by atoms with Gasteiger partial charge in [0, 0.05) is 0 Å². The summed E-state index contributed by atoms with van der Waals surface area (Å²) in [7, 11) is 7.50. The Hall–Kier alpha value is -0.536. The normalized spacial score (nSPS) is 16.0. The summed E-state index contributed by atoms with van der Waals surface area (Å²) in [6.07, 6.45) is 15.6. The van der Waals surface area contributed by atoms with Crippen molar-refractivity contribution in [2.24, 2.45) is 0 Å². The average Bonchev–Trinajstić information content (AvgIpc) is 3.20. The zero-order chi connectivity index (χ0) is 19.1. The molecule has 142 valence electrons. The van der Waals surface area contributed by atoms with E-state index in [9.17, 15) is 0 Å². The second-order valence-electron chi connectivity index (χ2n) is 6.72. The van der Waals surface area contributed by atoms with Gasteiger partial charge in [-0.3, -0.25) is 0 Å². The first-order valence-electron chi connectivity index (χ1n) is 9.63. The molecule has 0 aliphatic heterocycles. The molecule has 2 aliphatic rings. The Morgan fingerprint density at radius 3 is 2.16 bits per heavy atom. The minimum atomic E-state index is -1.16. The van der Waals surface area contributed by atoms with E-state index in [0.717, 1.165) is 0 Å². The van der Waals surface area contributed by atoms with Crippen molar-refractivity contribution in [2.45, 2.75) is 57.6 Å². The van der Waals surface area contributed by atoms with Gasteiger partial charge in [0.2, 0.25) is 0 Å². The Balaban J connectivity index is 0.000000844.